The highest BCUT2D eigenvalue weighted by atomic mass is 16.1. The third-order valence-corrected chi connectivity index (χ3v) is 2.91. The summed E-state index contributed by atoms with van der Waals surface area (Å²) < 4.78 is 0. The molecule has 0 aliphatic carbocycles. The van der Waals surface area contributed by atoms with Crippen molar-refractivity contribution in [2.24, 2.45) is 0 Å². The van der Waals surface area contributed by atoms with Crippen molar-refractivity contribution in [1.29, 1.82) is 0 Å². The molecular formula is C14H16N2O2. The van der Waals surface area contributed by atoms with Gasteiger partial charge in [-0.3, -0.25) is 9.59 Å². The van der Waals surface area contributed by atoms with Crippen LogP contribution in [0.1, 0.15) is 24.5 Å². The SMILES string of the molecule is CCC(=O)NCc1ccc2[nH]c(=O)c(C)cc2c1. The summed E-state index contributed by atoms with van der Waals surface area (Å²) in [7, 11) is 0. The molecule has 1 amide bonds. The Morgan fingerprint density at radius 1 is 1.33 bits per heavy atom. The number of hydrogen-bond donors (Lipinski definition) is 2. The Kier molecular flexibility index (Phi) is 3.46. The fraction of sp³-hybridized carbons (Fsp3) is 0.286. The zero-order valence-electron chi connectivity index (χ0n) is 10.5. The third-order valence-electron chi connectivity index (χ3n) is 2.91. The number of aromatic amines is 1. The Labute approximate surface area is 105 Å². The molecule has 18 heavy (non-hydrogen) atoms. The number of benzene rings is 1. The first kappa shape index (κ1) is 12.4. The van der Waals surface area contributed by atoms with E-state index in [0.29, 0.717) is 18.5 Å². The van der Waals surface area contributed by atoms with Gasteiger partial charge in [-0.15, -0.1) is 0 Å². The fourth-order valence-corrected chi connectivity index (χ4v) is 1.80. The van der Waals surface area contributed by atoms with Crippen LogP contribution in [-0.2, 0) is 11.3 Å². The first-order valence-electron chi connectivity index (χ1n) is 5.99. The standard InChI is InChI=1S/C14H16N2O2/c1-3-13(17)15-8-10-4-5-12-11(7-10)6-9(2)14(18)16-12/h4-7H,3,8H2,1-2H3,(H,15,17)(H,16,18). The van der Waals surface area contributed by atoms with Crippen molar-refractivity contribution >= 4 is 16.8 Å². The topological polar surface area (TPSA) is 62.0 Å². The predicted octanol–water partition coefficient (Wildman–Crippen LogP) is 1.86. The average molecular weight is 244 g/mol. The van der Waals surface area contributed by atoms with Crippen molar-refractivity contribution in [3.05, 3.63) is 45.7 Å². The lowest BCUT2D eigenvalue weighted by molar-refractivity contribution is -0.120. The summed E-state index contributed by atoms with van der Waals surface area (Å²) in [6, 6.07) is 7.61. The van der Waals surface area contributed by atoms with Gasteiger partial charge in [0.2, 0.25) is 5.91 Å². The number of pyridine rings is 1. The Bertz CT molecular complexity index is 644. The van der Waals surface area contributed by atoms with Gasteiger partial charge in [-0.25, -0.2) is 0 Å². The van der Waals surface area contributed by atoms with E-state index in [2.05, 4.69) is 10.3 Å². The van der Waals surface area contributed by atoms with Gasteiger partial charge in [0.25, 0.3) is 5.56 Å². The lowest BCUT2D eigenvalue weighted by atomic mass is 10.1. The molecule has 0 spiro atoms. The number of carbonyl (C=O) groups is 1. The van der Waals surface area contributed by atoms with Gasteiger partial charge in [0, 0.05) is 24.0 Å². The summed E-state index contributed by atoms with van der Waals surface area (Å²) in [6.07, 6.45) is 0.486. The van der Waals surface area contributed by atoms with Crippen LogP contribution in [0.2, 0.25) is 0 Å². The van der Waals surface area contributed by atoms with Crippen LogP contribution in [0.5, 0.6) is 0 Å². The van der Waals surface area contributed by atoms with E-state index >= 15 is 0 Å². The second kappa shape index (κ2) is 5.04. The van der Waals surface area contributed by atoms with Crippen molar-refractivity contribution in [2.75, 3.05) is 0 Å². The van der Waals surface area contributed by atoms with Gasteiger partial charge in [-0.05, 0) is 36.1 Å². The number of aryl methyl sites for hydroxylation is 1. The van der Waals surface area contributed by atoms with E-state index in [4.69, 9.17) is 0 Å². The van der Waals surface area contributed by atoms with Crippen molar-refractivity contribution < 1.29 is 4.79 Å². The highest BCUT2D eigenvalue weighted by Crippen LogP contribution is 2.13. The molecule has 2 N–H and O–H groups in total. The van der Waals surface area contributed by atoms with Gasteiger partial charge >= 0.3 is 0 Å². The molecule has 0 fully saturated rings. The van der Waals surface area contributed by atoms with Gasteiger partial charge in [0.1, 0.15) is 0 Å². The molecule has 4 nitrogen and oxygen atoms in total. The zero-order valence-corrected chi connectivity index (χ0v) is 10.5. The lowest BCUT2D eigenvalue weighted by Gasteiger charge is -2.06. The van der Waals surface area contributed by atoms with Crippen molar-refractivity contribution in [2.45, 2.75) is 26.8 Å². The minimum atomic E-state index is -0.0606. The number of H-pyrrole nitrogens is 1. The van der Waals surface area contributed by atoms with Gasteiger partial charge in [-0.2, -0.15) is 0 Å². The van der Waals surface area contributed by atoms with Crippen LogP contribution >= 0.6 is 0 Å². The number of amides is 1. The largest absolute Gasteiger partial charge is 0.352 e. The van der Waals surface area contributed by atoms with Gasteiger partial charge in [-0.1, -0.05) is 13.0 Å². The summed E-state index contributed by atoms with van der Waals surface area (Å²) in [5.74, 6) is 0.0350. The van der Waals surface area contributed by atoms with E-state index in [0.717, 1.165) is 16.5 Å². The normalized spacial score (nSPS) is 10.6. The molecule has 2 rings (SSSR count). The van der Waals surface area contributed by atoms with Crippen LogP contribution in [0.25, 0.3) is 10.9 Å². The Balaban J connectivity index is 2.29. The molecule has 94 valence electrons. The molecule has 0 aliphatic rings. The van der Waals surface area contributed by atoms with Crippen LogP contribution in [0.4, 0.5) is 0 Å². The van der Waals surface area contributed by atoms with Crippen molar-refractivity contribution in [1.82, 2.24) is 10.3 Å². The first-order valence-corrected chi connectivity index (χ1v) is 5.99. The van der Waals surface area contributed by atoms with E-state index in [1.807, 2.05) is 31.2 Å². The molecule has 0 saturated heterocycles. The molecule has 0 bridgehead atoms. The van der Waals surface area contributed by atoms with Gasteiger partial charge < -0.3 is 10.3 Å². The maximum atomic E-state index is 11.5. The highest BCUT2D eigenvalue weighted by molar-refractivity contribution is 5.80. The molecule has 0 atom stereocenters. The van der Waals surface area contributed by atoms with E-state index in [1.165, 1.54) is 0 Å². The fourth-order valence-electron chi connectivity index (χ4n) is 1.80. The van der Waals surface area contributed by atoms with Crippen LogP contribution in [-0.4, -0.2) is 10.9 Å². The number of rotatable bonds is 3. The molecule has 0 aliphatic heterocycles. The average Bonchev–Trinajstić information content (AvgIpc) is 2.37. The summed E-state index contributed by atoms with van der Waals surface area (Å²) in [6.45, 7) is 4.12. The van der Waals surface area contributed by atoms with Gasteiger partial charge in [0.15, 0.2) is 0 Å². The van der Waals surface area contributed by atoms with Crippen LogP contribution in [0.3, 0.4) is 0 Å². The quantitative estimate of drug-likeness (QED) is 0.865. The number of aromatic nitrogens is 1. The number of nitrogens with one attached hydrogen (secondary N) is 2. The second-order valence-electron chi connectivity index (χ2n) is 4.33. The summed E-state index contributed by atoms with van der Waals surface area (Å²) in [5.41, 5.74) is 2.47. The summed E-state index contributed by atoms with van der Waals surface area (Å²) in [4.78, 5) is 25.5. The monoisotopic (exact) mass is 244 g/mol. The minimum absolute atomic E-state index is 0.0350. The van der Waals surface area contributed by atoms with Gasteiger partial charge in [0.05, 0.1) is 0 Å². The maximum Gasteiger partial charge on any atom is 0.251 e. The maximum absolute atomic E-state index is 11.5. The predicted molar refractivity (Wildman–Crippen MR) is 71.4 cm³/mol. The summed E-state index contributed by atoms with van der Waals surface area (Å²) in [5, 5.41) is 3.81. The molecule has 4 heteroatoms. The minimum Gasteiger partial charge on any atom is -0.352 e. The second-order valence-corrected chi connectivity index (χ2v) is 4.33. The van der Waals surface area contributed by atoms with Crippen molar-refractivity contribution in [3.8, 4) is 0 Å². The van der Waals surface area contributed by atoms with E-state index in [9.17, 15) is 9.59 Å². The molecule has 0 radical (unpaired) electrons. The van der Waals surface area contributed by atoms with E-state index < -0.39 is 0 Å². The Morgan fingerprint density at radius 3 is 2.83 bits per heavy atom. The Morgan fingerprint density at radius 2 is 2.11 bits per heavy atom. The number of carbonyl (C=O) groups excluding carboxylic acids is 1. The number of fused-ring (bicyclic) bond motifs is 1. The summed E-state index contributed by atoms with van der Waals surface area (Å²) >= 11 is 0. The molecule has 1 heterocycles. The smallest absolute Gasteiger partial charge is 0.251 e. The number of hydrogen-bond acceptors (Lipinski definition) is 2. The van der Waals surface area contributed by atoms with Crippen LogP contribution in [0.15, 0.2) is 29.1 Å². The molecule has 0 saturated carbocycles. The first-order chi connectivity index (χ1) is 8.60. The lowest BCUT2D eigenvalue weighted by Crippen LogP contribution is -2.21. The Hall–Kier alpha value is -2.10. The zero-order chi connectivity index (χ0) is 13.1. The van der Waals surface area contributed by atoms with E-state index in [1.54, 1.807) is 6.92 Å². The molecule has 1 aromatic carbocycles. The molecular weight excluding hydrogens is 228 g/mol. The highest BCUT2D eigenvalue weighted by Gasteiger charge is 2.01. The van der Waals surface area contributed by atoms with Crippen molar-refractivity contribution in [3.63, 3.8) is 0 Å². The van der Waals surface area contributed by atoms with Crippen LogP contribution < -0.4 is 10.9 Å². The third kappa shape index (κ3) is 2.59. The molecule has 2 aromatic rings. The molecule has 0 unspecified atom stereocenters. The van der Waals surface area contributed by atoms with Crippen LogP contribution in [0, 0.1) is 6.92 Å². The molecule has 1 aromatic heterocycles. The van der Waals surface area contributed by atoms with E-state index in [-0.39, 0.29) is 11.5 Å².